The third kappa shape index (κ3) is 2.20. The maximum atomic E-state index is 11.3. The molecule has 76 valence electrons. The van der Waals surface area contributed by atoms with Gasteiger partial charge in [0, 0.05) is 17.5 Å². The summed E-state index contributed by atoms with van der Waals surface area (Å²) >= 11 is 1.59. The van der Waals surface area contributed by atoms with E-state index >= 15 is 0 Å². The Labute approximate surface area is 87.8 Å². The van der Waals surface area contributed by atoms with Crippen LogP contribution in [0.5, 0.6) is 5.75 Å². The summed E-state index contributed by atoms with van der Waals surface area (Å²) in [7, 11) is 3.21. The van der Waals surface area contributed by atoms with Crippen LogP contribution in [0, 0.1) is 0 Å². The summed E-state index contributed by atoms with van der Waals surface area (Å²) in [6, 6.07) is 5.41. The summed E-state index contributed by atoms with van der Waals surface area (Å²) in [4.78, 5) is 12.3. The van der Waals surface area contributed by atoms with E-state index in [0.29, 0.717) is 5.56 Å². The number of hydrogen-bond acceptors (Lipinski definition) is 3. The molecule has 0 aliphatic carbocycles. The molecule has 0 saturated carbocycles. The maximum Gasteiger partial charge on any atom is 0.251 e. The second kappa shape index (κ2) is 4.91. The zero-order chi connectivity index (χ0) is 10.6. The van der Waals surface area contributed by atoms with Crippen LogP contribution in [-0.4, -0.2) is 26.3 Å². The normalized spacial score (nSPS) is 9.64. The van der Waals surface area contributed by atoms with E-state index in [2.05, 4.69) is 5.32 Å². The highest BCUT2D eigenvalue weighted by Gasteiger charge is 2.07. The Balaban J connectivity index is 3.07. The highest BCUT2D eigenvalue weighted by molar-refractivity contribution is 7.98. The van der Waals surface area contributed by atoms with Gasteiger partial charge in [-0.25, -0.2) is 0 Å². The van der Waals surface area contributed by atoms with Crippen molar-refractivity contribution >= 4 is 17.7 Å². The monoisotopic (exact) mass is 211 g/mol. The minimum atomic E-state index is -0.101. The molecule has 0 spiro atoms. The molecule has 0 bridgehead atoms. The molecule has 1 amide bonds. The average molecular weight is 211 g/mol. The van der Waals surface area contributed by atoms with E-state index in [1.807, 2.05) is 12.3 Å². The Bertz CT molecular complexity index is 339. The summed E-state index contributed by atoms with van der Waals surface area (Å²) in [6.07, 6.45) is 1.97. The molecule has 0 aromatic heterocycles. The molecule has 0 aliphatic rings. The van der Waals surface area contributed by atoms with E-state index in [0.717, 1.165) is 10.6 Å². The van der Waals surface area contributed by atoms with E-state index in [1.54, 1.807) is 38.1 Å². The standard InChI is InChI=1S/C10H13NO2S/c1-11-10(12)7-4-5-9(14-3)8(6-7)13-2/h4-6H,1-3H3,(H,11,12). The topological polar surface area (TPSA) is 38.3 Å². The SMILES string of the molecule is CNC(=O)c1ccc(SC)c(OC)c1. The fourth-order valence-corrected chi connectivity index (χ4v) is 1.67. The first-order valence-electron chi connectivity index (χ1n) is 4.17. The molecule has 0 aliphatic heterocycles. The molecular weight excluding hydrogens is 198 g/mol. The molecule has 1 aromatic rings. The molecular formula is C10H13NO2S. The van der Waals surface area contributed by atoms with Gasteiger partial charge in [0.2, 0.25) is 0 Å². The second-order valence-electron chi connectivity index (χ2n) is 2.65. The van der Waals surface area contributed by atoms with Crippen molar-refractivity contribution in [3.8, 4) is 5.75 Å². The Morgan fingerprint density at radius 3 is 2.71 bits per heavy atom. The fourth-order valence-electron chi connectivity index (χ4n) is 1.12. The van der Waals surface area contributed by atoms with Gasteiger partial charge in [-0.3, -0.25) is 4.79 Å². The highest BCUT2D eigenvalue weighted by atomic mass is 32.2. The Hall–Kier alpha value is -1.16. The molecule has 1 rings (SSSR count). The Morgan fingerprint density at radius 2 is 2.21 bits per heavy atom. The molecule has 0 unspecified atom stereocenters. The maximum absolute atomic E-state index is 11.3. The summed E-state index contributed by atoms with van der Waals surface area (Å²) in [5.74, 6) is 0.634. The number of thioether (sulfide) groups is 1. The lowest BCUT2D eigenvalue weighted by atomic mass is 10.2. The predicted octanol–water partition coefficient (Wildman–Crippen LogP) is 1.78. The van der Waals surface area contributed by atoms with E-state index in [4.69, 9.17) is 4.74 Å². The van der Waals surface area contributed by atoms with Crippen molar-refractivity contribution in [3.05, 3.63) is 23.8 Å². The molecule has 1 aromatic carbocycles. The van der Waals surface area contributed by atoms with Crippen LogP contribution in [0.4, 0.5) is 0 Å². The van der Waals surface area contributed by atoms with Gasteiger partial charge >= 0.3 is 0 Å². The highest BCUT2D eigenvalue weighted by Crippen LogP contribution is 2.28. The number of rotatable bonds is 3. The van der Waals surface area contributed by atoms with Gasteiger partial charge in [0.05, 0.1) is 7.11 Å². The van der Waals surface area contributed by atoms with Crippen LogP contribution in [0.15, 0.2) is 23.1 Å². The number of ether oxygens (including phenoxy) is 1. The van der Waals surface area contributed by atoms with Crippen molar-refractivity contribution in [1.82, 2.24) is 5.32 Å². The van der Waals surface area contributed by atoms with Gasteiger partial charge < -0.3 is 10.1 Å². The van der Waals surface area contributed by atoms with Crippen LogP contribution < -0.4 is 10.1 Å². The van der Waals surface area contributed by atoms with Gasteiger partial charge in [-0.2, -0.15) is 0 Å². The number of hydrogen-bond donors (Lipinski definition) is 1. The largest absolute Gasteiger partial charge is 0.496 e. The van der Waals surface area contributed by atoms with Crippen LogP contribution >= 0.6 is 11.8 Å². The Morgan fingerprint density at radius 1 is 1.50 bits per heavy atom. The first-order chi connectivity index (χ1) is 6.72. The van der Waals surface area contributed by atoms with Gasteiger partial charge in [0.1, 0.15) is 5.75 Å². The minimum absolute atomic E-state index is 0.101. The van der Waals surface area contributed by atoms with E-state index in [9.17, 15) is 4.79 Å². The van der Waals surface area contributed by atoms with Crippen molar-refractivity contribution in [2.75, 3.05) is 20.4 Å². The molecule has 14 heavy (non-hydrogen) atoms. The van der Waals surface area contributed by atoms with Crippen molar-refractivity contribution in [2.24, 2.45) is 0 Å². The summed E-state index contributed by atoms with van der Waals surface area (Å²) in [5.41, 5.74) is 0.613. The molecule has 1 N–H and O–H groups in total. The van der Waals surface area contributed by atoms with Gasteiger partial charge in [0.25, 0.3) is 5.91 Å². The number of amides is 1. The first kappa shape index (κ1) is 10.9. The van der Waals surface area contributed by atoms with Gasteiger partial charge in [-0.05, 0) is 24.5 Å². The predicted molar refractivity (Wildman–Crippen MR) is 58.2 cm³/mol. The van der Waals surface area contributed by atoms with Crippen molar-refractivity contribution in [1.29, 1.82) is 0 Å². The number of nitrogens with one attached hydrogen (secondary N) is 1. The smallest absolute Gasteiger partial charge is 0.251 e. The molecule has 0 heterocycles. The van der Waals surface area contributed by atoms with Crippen molar-refractivity contribution in [2.45, 2.75) is 4.90 Å². The van der Waals surface area contributed by atoms with Crippen LogP contribution in [0.2, 0.25) is 0 Å². The lowest BCUT2D eigenvalue weighted by molar-refractivity contribution is 0.0962. The number of carbonyl (C=O) groups excluding carboxylic acids is 1. The minimum Gasteiger partial charge on any atom is -0.496 e. The number of carbonyl (C=O) groups is 1. The third-order valence-corrected chi connectivity index (χ3v) is 2.65. The summed E-state index contributed by atoms with van der Waals surface area (Å²) in [5, 5.41) is 2.57. The average Bonchev–Trinajstić information content (AvgIpc) is 2.26. The molecule has 4 heteroatoms. The quantitative estimate of drug-likeness (QED) is 0.774. The third-order valence-electron chi connectivity index (χ3n) is 1.87. The number of benzene rings is 1. The first-order valence-corrected chi connectivity index (χ1v) is 5.39. The fraction of sp³-hybridized carbons (Fsp3) is 0.300. The molecule has 0 saturated heterocycles. The number of methoxy groups -OCH3 is 1. The second-order valence-corrected chi connectivity index (χ2v) is 3.50. The van der Waals surface area contributed by atoms with Crippen LogP contribution in [0.1, 0.15) is 10.4 Å². The van der Waals surface area contributed by atoms with Crippen molar-refractivity contribution in [3.63, 3.8) is 0 Å². The molecule has 3 nitrogen and oxygen atoms in total. The van der Waals surface area contributed by atoms with Crippen molar-refractivity contribution < 1.29 is 9.53 Å². The zero-order valence-electron chi connectivity index (χ0n) is 8.46. The van der Waals surface area contributed by atoms with E-state index in [1.165, 1.54) is 0 Å². The van der Waals surface area contributed by atoms with Crippen LogP contribution in [0.25, 0.3) is 0 Å². The molecule has 0 atom stereocenters. The van der Waals surface area contributed by atoms with Crippen LogP contribution in [0.3, 0.4) is 0 Å². The summed E-state index contributed by atoms with van der Waals surface area (Å²) in [6.45, 7) is 0. The van der Waals surface area contributed by atoms with E-state index < -0.39 is 0 Å². The van der Waals surface area contributed by atoms with E-state index in [-0.39, 0.29) is 5.91 Å². The Kier molecular flexibility index (Phi) is 3.83. The van der Waals surface area contributed by atoms with Gasteiger partial charge in [0.15, 0.2) is 0 Å². The molecule has 0 radical (unpaired) electrons. The lowest BCUT2D eigenvalue weighted by Gasteiger charge is -2.07. The molecule has 0 fully saturated rings. The van der Waals surface area contributed by atoms with Crippen LogP contribution in [-0.2, 0) is 0 Å². The lowest BCUT2D eigenvalue weighted by Crippen LogP contribution is -2.17. The summed E-state index contributed by atoms with van der Waals surface area (Å²) < 4.78 is 5.17. The van der Waals surface area contributed by atoms with Gasteiger partial charge in [-0.15, -0.1) is 11.8 Å². The zero-order valence-corrected chi connectivity index (χ0v) is 9.27. The van der Waals surface area contributed by atoms with Gasteiger partial charge in [-0.1, -0.05) is 0 Å².